The summed E-state index contributed by atoms with van der Waals surface area (Å²) >= 11 is 1.60. The van der Waals surface area contributed by atoms with Crippen LogP contribution in [0.5, 0.6) is 5.75 Å². The Morgan fingerprint density at radius 2 is 2.09 bits per heavy atom. The van der Waals surface area contributed by atoms with E-state index in [1.165, 1.54) is 17.7 Å². The molecule has 0 spiro atoms. The Balaban J connectivity index is 1.29. The summed E-state index contributed by atoms with van der Waals surface area (Å²) in [6.45, 7) is 0. The number of amides is 1. The van der Waals surface area contributed by atoms with Gasteiger partial charge in [-0.25, -0.2) is 18.9 Å². The van der Waals surface area contributed by atoms with Gasteiger partial charge in [0.15, 0.2) is 5.75 Å². The zero-order chi connectivity index (χ0) is 23.9. The van der Waals surface area contributed by atoms with E-state index in [1.807, 2.05) is 18.3 Å². The van der Waals surface area contributed by atoms with Crippen molar-refractivity contribution in [3.63, 3.8) is 0 Å². The van der Waals surface area contributed by atoms with Gasteiger partial charge >= 0.3 is 0 Å². The summed E-state index contributed by atoms with van der Waals surface area (Å²) in [5, 5.41) is 11.6. The number of halogens is 1. The summed E-state index contributed by atoms with van der Waals surface area (Å²) in [6, 6.07) is 9.72. The van der Waals surface area contributed by atoms with E-state index in [0.717, 1.165) is 32.7 Å². The Hall–Kier alpha value is -4.05. The monoisotopic (exact) mass is 488 g/mol. The van der Waals surface area contributed by atoms with E-state index >= 15 is 0 Å². The van der Waals surface area contributed by atoms with Crippen LogP contribution in [0.25, 0.3) is 15.7 Å². The molecule has 1 aliphatic rings. The van der Waals surface area contributed by atoms with Crippen molar-refractivity contribution in [2.75, 3.05) is 17.7 Å². The third kappa shape index (κ3) is 3.95. The molecule has 1 amide bonds. The SMILES string of the molecule is COc1cn2nccc2cc1Nc1ncnc2sc3c(c12)CC[C@H](C(=O)Nc1ccc(F)cc1)C3. The molecule has 4 heterocycles. The molecule has 176 valence electrons. The molecule has 0 fully saturated rings. The molecule has 1 aliphatic carbocycles. The lowest BCUT2D eigenvalue weighted by Gasteiger charge is -2.22. The lowest BCUT2D eigenvalue weighted by atomic mass is 9.87. The van der Waals surface area contributed by atoms with Crippen molar-refractivity contribution in [3.8, 4) is 5.75 Å². The Bertz CT molecular complexity index is 1560. The number of carbonyl (C=O) groups excluding carboxylic acids is 1. The number of hydrogen-bond acceptors (Lipinski definition) is 7. The lowest BCUT2D eigenvalue weighted by Crippen LogP contribution is -2.27. The van der Waals surface area contributed by atoms with Crippen molar-refractivity contribution >= 4 is 50.2 Å². The molecule has 5 aromatic rings. The number of hydrogen-bond donors (Lipinski definition) is 2. The molecule has 8 nitrogen and oxygen atoms in total. The predicted octanol–water partition coefficient (Wildman–Crippen LogP) is 4.97. The molecule has 0 saturated carbocycles. The smallest absolute Gasteiger partial charge is 0.227 e. The number of thiophene rings is 1. The van der Waals surface area contributed by atoms with Gasteiger partial charge in [-0.3, -0.25) is 4.79 Å². The molecule has 0 bridgehead atoms. The number of carbonyl (C=O) groups is 1. The number of fused-ring (bicyclic) bond motifs is 4. The lowest BCUT2D eigenvalue weighted by molar-refractivity contribution is -0.120. The van der Waals surface area contributed by atoms with Gasteiger partial charge in [0.2, 0.25) is 5.91 Å². The van der Waals surface area contributed by atoms with Gasteiger partial charge in [-0.1, -0.05) is 0 Å². The molecule has 0 aliphatic heterocycles. The molecule has 2 N–H and O–H groups in total. The fraction of sp³-hybridized carbons (Fsp3) is 0.200. The molecule has 0 saturated heterocycles. The highest BCUT2D eigenvalue weighted by atomic mass is 32.1. The fourth-order valence-electron chi connectivity index (χ4n) is 4.54. The van der Waals surface area contributed by atoms with Gasteiger partial charge in [0.05, 0.1) is 29.9 Å². The van der Waals surface area contributed by atoms with Crippen LogP contribution >= 0.6 is 11.3 Å². The van der Waals surface area contributed by atoms with Crippen LogP contribution in [-0.4, -0.2) is 32.6 Å². The number of benzene rings is 1. The van der Waals surface area contributed by atoms with Crippen molar-refractivity contribution in [2.45, 2.75) is 19.3 Å². The first kappa shape index (κ1) is 21.5. The molecule has 1 aromatic carbocycles. The fourth-order valence-corrected chi connectivity index (χ4v) is 5.81. The number of anilines is 3. The van der Waals surface area contributed by atoms with Gasteiger partial charge in [-0.15, -0.1) is 11.3 Å². The minimum atomic E-state index is -0.330. The van der Waals surface area contributed by atoms with Crippen LogP contribution in [0.1, 0.15) is 16.9 Å². The van der Waals surface area contributed by atoms with Gasteiger partial charge in [0.25, 0.3) is 0 Å². The Labute approximate surface area is 203 Å². The number of nitrogens with one attached hydrogen (secondary N) is 2. The quantitative estimate of drug-likeness (QED) is 0.363. The van der Waals surface area contributed by atoms with E-state index in [9.17, 15) is 9.18 Å². The molecule has 6 rings (SSSR count). The second-order valence-corrected chi connectivity index (χ2v) is 9.51. The largest absolute Gasteiger partial charge is 0.493 e. The number of methoxy groups -OCH3 is 1. The highest BCUT2D eigenvalue weighted by Gasteiger charge is 2.29. The molecule has 10 heteroatoms. The first-order chi connectivity index (χ1) is 17.1. The highest BCUT2D eigenvalue weighted by Crippen LogP contribution is 2.41. The third-order valence-electron chi connectivity index (χ3n) is 6.30. The normalized spacial score (nSPS) is 15.2. The maximum Gasteiger partial charge on any atom is 0.227 e. The van der Waals surface area contributed by atoms with Gasteiger partial charge in [-0.05, 0) is 61.2 Å². The second-order valence-electron chi connectivity index (χ2n) is 8.42. The van der Waals surface area contributed by atoms with E-state index in [-0.39, 0.29) is 17.6 Å². The number of pyridine rings is 1. The standard InChI is InChI=1S/C25H21FN6O2S/c1-34-20-12-32-17(8-9-29-32)11-19(20)31-23-22-18-7-2-14(10-21(18)35-25(22)28-13-27-23)24(33)30-16-5-3-15(26)4-6-16/h3-6,8-9,11-14H,2,7,10H2,1H3,(H,30,33)(H,27,28,31)/t14-/m0/s1. The Morgan fingerprint density at radius 1 is 1.23 bits per heavy atom. The van der Waals surface area contributed by atoms with E-state index in [2.05, 4.69) is 25.7 Å². The Kier molecular flexibility index (Phi) is 5.29. The molecular weight excluding hydrogens is 467 g/mol. The van der Waals surface area contributed by atoms with Crippen LogP contribution in [0.15, 0.2) is 55.1 Å². The highest BCUT2D eigenvalue weighted by molar-refractivity contribution is 7.19. The number of rotatable bonds is 5. The predicted molar refractivity (Wildman–Crippen MR) is 133 cm³/mol. The molecular formula is C25H21FN6O2S. The third-order valence-corrected chi connectivity index (χ3v) is 7.46. The van der Waals surface area contributed by atoms with Crippen LogP contribution in [0, 0.1) is 11.7 Å². The number of nitrogens with zero attached hydrogens (tertiary/aromatic N) is 4. The maximum absolute atomic E-state index is 13.2. The first-order valence-corrected chi connectivity index (χ1v) is 12.0. The van der Waals surface area contributed by atoms with E-state index in [0.29, 0.717) is 30.1 Å². The average Bonchev–Trinajstić information content (AvgIpc) is 3.48. The summed E-state index contributed by atoms with van der Waals surface area (Å²) in [5.74, 6) is 0.819. The van der Waals surface area contributed by atoms with Crippen LogP contribution in [0.3, 0.4) is 0 Å². The maximum atomic E-state index is 13.2. The zero-order valence-corrected chi connectivity index (χ0v) is 19.6. The topological polar surface area (TPSA) is 93.4 Å². The average molecular weight is 489 g/mol. The van der Waals surface area contributed by atoms with Crippen LogP contribution in [0.4, 0.5) is 21.6 Å². The first-order valence-electron chi connectivity index (χ1n) is 11.2. The van der Waals surface area contributed by atoms with Gasteiger partial charge in [0, 0.05) is 22.7 Å². The van der Waals surface area contributed by atoms with Crippen LogP contribution in [-0.2, 0) is 17.6 Å². The van der Waals surface area contributed by atoms with Crippen molar-refractivity contribution < 1.29 is 13.9 Å². The summed E-state index contributed by atoms with van der Waals surface area (Å²) in [5.41, 5.74) is 3.50. The number of ether oxygens (including phenoxy) is 1. The van der Waals surface area contributed by atoms with Gasteiger partial charge in [-0.2, -0.15) is 5.10 Å². The summed E-state index contributed by atoms with van der Waals surface area (Å²) in [4.78, 5) is 24.0. The van der Waals surface area contributed by atoms with Crippen LogP contribution < -0.4 is 15.4 Å². The molecule has 0 radical (unpaired) electrons. The van der Waals surface area contributed by atoms with Crippen molar-refractivity contribution in [1.82, 2.24) is 19.6 Å². The minimum Gasteiger partial charge on any atom is -0.493 e. The van der Waals surface area contributed by atoms with Crippen molar-refractivity contribution in [1.29, 1.82) is 0 Å². The second kappa shape index (κ2) is 8.62. The summed E-state index contributed by atoms with van der Waals surface area (Å²) < 4.78 is 20.5. The molecule has 4 aromatic heterocycles. The Morgan fingerprint density at radius 3 is 2.91 bits per heavy atom. The van der Waals surface area contributed by atoms with E-state index < -0.39 is 0 Å². The molecule has 1 atom stereocenters. The van der Waals surface area contributed by atoms with Gasteiger partial charge < -0.3 is 15.4 Å². The van der Waals surface area contributed by atoms with Crippen molar-refractivity contribution in [2.24, 2.45) is 5.92 Å². The van der Waals surface area contributed by atoms with Crippen molar-refractivity contribution in [3.05, 3.63) is 71.4 Å². The zero-order valence-electron chi connectivity index (χ0n) is 18.8. The summed E-state index contributed by atoms with van der Waals surface area (Å²) in [6.07, 6.45) is 7.20. The number of aromatic nitrogens is 4. The molecule has 0 unspecified atom stereocenters. The minimum absolute atomic E-state index is 0.0528. The summed E-state index contributed by atoms with van der Waals surface area (Å²) in [7, 11) is 1.62. The van der Waals surface area contributed by atoms with Gasteiger partial charge in [0.1, 0.15) is 22.8 Å². The van der Waals surface area contributed by atoms with E-state index in [4.69, 9.17) is 4.74 Å². The van der Waals surface area contributed by atoms with E-state index in [1.54, 1.807) is 47.6 Å². The molecule has 35 heavy (non-hydrogen) atoms. The van der Waals surface area contributed by atoms with Crippen LogP contribution in [0.2, 0.25) is 0 Å². The number of aryl methyl sites for hydroxylation is 1.